The predicted molar refractivity (Wildman–Crippen MR) is 61.9 cm³/mol. The Bertz CT molecular complexity index is 376. The van der Waals surface area contributed by atoms with Gasteiger partial charge in [-0.2, -0.15) is 0 Å². The highest BCUT2D eigenvalue weighted by Crippen LogP contribution is 2.14. The van der Waals surface area contributed by atoms with Crippen molar-refractivity contribution in [3.05, 3.63) is 0 Å². The third-order valence-electron chi connectivity index (χ3n) is 3.20. The topological polar surface area (TPSA) is 78.7 Å². The number of carbonyl (C=O) groups is 2. The van der Waals surface area contributed by atoms with E-state index in [2.05, 4.69) is 11.2 Å². The van der Waals surface area contributed by atoms with E-state index in [4.69, 9.17) is 12.2 Å². The van der Waals surface area contributed by atoms with E-state index in [1.165, 1.54) is 0 Å². The molecule has 0 bridgehead atoms. The van der Waals surface area contributed by atoms with E-state index >= 15 is 0 Å². The van der Waals surface area contributed by atoms with Crippen molar-refractivity contribution in [3.63, 3.8) is 0 Å². The molecule has 6 nitrogen and oxygen atoms in total. The Balaban J connectivity index is 1.95. The van der Waals surface area contributed by atoms with Crippen LogP contribution >= 0.6 is 0 Å². The minimum absolute atomic E-state index is 0.0463. The SMILES string of the molecule is C#CCC(N)C(=O)N1CCN2C(=O)NCC2C1. The lowest BCUT2D eigenvalue weighted by atomic mass is 10.1. The minimum Gasteiger partial charge on any atom is -0.337 e. The van der Waals surface area contributed by atoms with Gasteiger partial charge in [0.05, 0.1) is 12.1 Å². The second-order valence-corrected chi connectivity index (χ2v) is 4.33. The molecule has 0 aromatic heterocycles. The summed E-state index contributed by atoms with van der Waals surface area (Å²) in [6.45, 7) is 2.22. The van der Waals surface area contributed by atoms with Crippen LogP contribution in [0.15, 0.2) is 0 Å². The molecule has 0 radical (unpaired) electrons. The van der Waals surface area contributed by atoms with Crippen LogP contribution in [0, 0.1) is 12.3 Å². The number of fused-ring (bicyclic) bond motifs is 1. The molecule has 2 rings (SSSR count). The first-order valence-electron chi connectivity index (χ1n) is 5.65. The van der Waals surface area contributed by atoms with Crippen molar-refractivity contribution >= 4 is 11.9 Å². The maximum absolute atomic E-state index is 11.9. The zero-order chi connectivity index (χ0) is 12.4. The number of nitrogens with zero attached hydrogens (tertiary/aromatic N) is 2. The van der Waals surface area contributed by atoms with Crippen LogP contribution in [-0.2, 0) is 4.79 Å². The highest BCUT2D eigenvalue weighted by atomic mass is 16.2. The van der Waals surface area contributed by atoms with Crippen LogP contribution in [0.5, 0.6) is 0 Å². The first-order chi connectivity index (χ1) is 8.13. The molecule has 0 saturated carbocycles. The zero-order valence-electron chi connectivity index (χ0n) is 9.56. The molecule has 2 aliphatic heterocycles. The van der Waals surface area contributed by atoms with Gasteiger partial charge >= 0.3 is 6.03 Å². The van der Waals surface area contributed by atoms with E-state index in [-0.39, 0.29) is 24.4 Å². The molecule has 2 saturated heterocycles. The van der Waals surface area contributed by atoms with Gasteiger partial charge in [-0.1, -0.05) is 0 Å². The van der Waals surface area contributed by atoms with E-state index in [1.54, 1.807) is 9.80 Å². The van der Waals surface area contributed by atoms with E-state index in [1.807, 2.05) is 0 Å². The fourth-order valence-corrected chi connectivity index (χ4v) is 2.25. The standard InChI is InChI=1S/C11H16N4O2/c1-2-3-9(12)10(16)14-4-5-15-8(7-14)6-13-11(15)17/h1,8-9H,3-7,12H2,(H,13,17). The maximum atomic E-state index is 11.9. The van der Waals surface area contributed by atoms with Gasteiger partial charge in [0.15, 0.2) is 0 Å². The van der Waals surface area contributed by atoms with Gasteiger partial charge in [0.25, 0.3) is 0 Å². The van der Waals surface area contributed by atoms with E-state index in [0.717, 1.165) is 0 Å². The van der Waals surface area contributed by atoms with Crippen molar-refractivity contribution in [2.75, 3.05) is 26.2 Å². The molecule has 2 heterocycles. The summed E-state index contributed by atoms with van der Waals surface area (Å²) in [4.78, 5) is 26.8. The van der Waals surface area contributed by atoms with Gasteiger partial charge < -0.3 is 20.9 Å². The summed E-state index contributed by atoms with van der Waals surface area (Å²) in [5.41, 5.74) is 5.69. The van der Waals surface area contributed by atoms with Crippen molar-refractivity contribution in [2.45, 2.75) is 18.5 Å². The number of hydrogen-bond donors (Lipinski definition) is 2. The first kappa shape index (κ1) is 11.7. The van der Waals surface area contributed by atoms with Crippen molar-refractivity contribution < 1.29 is 9.59 Å². The monoisotopic (exact) mass is 236 g/mol. The number of hydrogen-bond acceptors (Lipinski definition) is 3. The molecule has 2 atom stereocenters. The van der Waals surface area contributed by atoms with Gasteiger partial charge in [-0.3, -0.25) is 4.79 Å². The van der Waals surface area contributed by atoms with Gasteiger partial charge in [0.2, 0.25) is 5.91 Å². The molecule has 2 fully saturated rings. The maximum Gasteiger partial charge on any atom is 0.317 e. The van der Waals surface area contributed by atoms with E-state index < -0.39 is 6.04 Å². The molecular weight excluding hydrogens is 220 g/mol. The number of nitrogens with one attached hydrogen (secondary N) is 1. The molecular formula is C11H16N4O2. The van der Waals surface area contributed by atoms with Gasteiger partial charge in [0, 0.05) is 32.6 Å². The summed E-state index contributed by atoms with van der Waals surface area (Å²) < 4.78 is 0. The second-order valence-electron chi connectivity index (χ2n) is 4.33. The second kappa shape index (κ2) is 4.63. The fraction of sp³-hybridized carbons (Fsp3) is 0.636. The first-order valence-corrected chi connectivity index (χ1v) is 5.65. The van der Waals surface area contributed by atoms with Crippen LogP contribution in [-0.4, -0.2) is 60.0 Å². The Labute approximate surface area is 100 Å². The largest absolute Gasteiger partial charge is 0.337 e. The molecule has 0 aromatic carbocycles. The Kier molecular flexibility index (Phi) is 3.20. The smallest absolute Gasteiger partial charge is 0.317 e. The molecule has 0 spiro atoms. The molecule has 6 heteroatoms. The molecule has 3 N–H and O–H groups in total. The summed E-state index contributed by atoms with van der Waals surface area (Å²) in [5, 5.41) is 2.76. The number of carbonyl (C=O) groups excluding carboxylic acids is 2. The number of nitrogens with two attached hydrogens (primary N) is 1. The predicted octanol–water partition coefficient (Wildman–Crippen LogP) is -1.43. The highest BCUT2D eigenvalue weighted by molar-refractivity contribution is 5.83. The number of amides is 3. The minimum atomic E-state index is -0.628. The fourth-order valence-electron chi connectivity index (χ4n) is 2.25. The summed E-state index contributed by atoms with van der Waals surface area (Å²) >= 11 is 0. The summed E-state index contributed by atoms with van der Waals surface area (Å²) in [6, 6.07) is -0.607. The molecule has 0 aromatic rings. The average molecular weight is 236 g/mol. The third-order valence-corrected chi connectivity index (χ3v) is 3.20. The van der Waals surface area contributed by atoms with E-state index in [9.17, 15) is 9.59 Å². The molecule has 17 heavy (non-hydrogen) atoms. The molecule has 92 valence electrons. The van der Waals surface area contributed by atoms with Crippen molar-refractivity contribution in [2.24, 2.45) is 5.73 Å². The van der Waals surface area contributed by atoms with Crippen LogP contribution < -0.4 is 11.1 Å². The van der Waals surface area contributed by atoms with Crippen molar-refractivity contribution in [3.8, 4) is 12.3 Å². The van der Waals surface area contributed by atoms with E-state index in [0.29, 0.717) is 26.2 Å². The molecule has 3 amide bonds. The lowest BCUT2D eigenvalue weighted by Gasteiger charge is -2.37. The Morgan fingerprint density at radius 1 is 1.65 bits per heavy atom. The Morgan fingerprint density at radius 3 is 3.12 bits per heavy atom. The van der Waals surface area contributed by atoms with Gasteiger partial charge in [-0.05, 0) is 0 Å². The van der Waals surface area contributed by atoms with Crippen molar-refractivity contribution in [1.29, 1.82) is 0 Å². The summed E-state index contributed by atoms with van der Waals surface area (Å²) in [5.74, 6) is 2.27. The molecule has 2 aliphatic rings. The van der Waals surface area contributed by atoms with Gasteiger partial charge in [-0.15, -0.1) is 12.3 Å². The summed E-state index contributed by atoms with van der Waals surface area (Å²) in [6.07, 6.45) is 5.39. The quantitative estimate of drug-likeness (QED) is 0.577. The lowest BCUT2D eigenvalue weighted by molar-refractivity contribution is -0.134. The van der Waals surface area contributed by atoms with Crippen LogP contribution in [0.1, 0.15) is 6.42 Å². The number of urea groups is 1. The lowest BCUT2D eigenvalue weighted by Crippen LogP contribution is -2.56. The van der Waals surface area contributed by atoms with Crippen molar-refractivity contribution in [1.82, 2.24) is 15.1 Å². The average Bonchev–Trinajstić information content (AvgIpc) is 2.70. The zero-order valence-corrected chi connectivity index (χ0v) is 9.56. The third kappa shape index (κ3) is 2.19. The summed E-state index contributed by atoms with van der Waals surface area (Å²) in [7, 11) is 0. The normalized spacial score (nSPS) is 24.9. The molecule has 2 unspecified atom stereocenters. The Morgan fingerprint density at radius 2 is 2.41 bits per heavy atom. The van der Waals surface area contributed by atoms with Crippen LogP contribution in [0.3, 0.4) is 0 Å². The molecule has 0 aliphatic carbocycles. The van der Waals surface area contributed by atoms with Crippen LogP contribution in [0.2, 0.25) is 0 Å². The van der Waals surface area contributed by atoms with Gasteiger partial charge in [0.1, 0.15) is 0 Å². The number of piperazine rings is 1. The van der Waals surface area contributed by atoms with Crippen LogP contribution in [0.4, 0.5) is 4.79 Å². The number of rotatable bonds is 2. The Hall–Kier alpha value is -1.74. The van der Waals surface area contributed by atoms with Crippen LogP contribution in [0.25, 0.3) is 0 Å². The number of terminal acetylenes is 1. The highest BCUT2D eigenvalue weighted by Gasteiger charge is 2.37. The van der Waals surface area contributed by atoms with Gasteiger partial charge in [-0.25, -0.2) is 4.79 Å².